The Labute approximate surface area is 106 Å². The van der Waals surface area contributed by atoms with Crippen LogP contribution in [0.15, 0.2) is 0 Å². The van der Waals surface area contributed by atoms with Crippen LogP contribution in [0.4, 0.5) is 0 Å². The van der Waals surface area contributed by atoms with Gasteiger partial charge in [-0.15, -0.1) is 0 Å². The minimum absolute atomic E-state index is 0.000543. The summed E-state index contributed by atoms with van der Waals surface area (Å²) in [5.74, 6) is 0.744. The van der Waals surface area contributed by atoms with Gasteiger partial charge in [-0.1, -0.05) is 39.9 Å². The third kappa shape index (κ3) is 4.38. The van der Waals surface area contributed by atoms with Gasteiger partial charge >= 0.3 is 0 Å². The molecule has 0 amide bonds. The Hall–Kier alpha value is -0.150. The molecule has 16 heavy (non-hydrogen) atoms. The molecule has 0 unspecified atom stereocenters. The lowest BCUT2D eigenvalue weighted by atomic mass is 9.89. The maximum absolute atomic E-state index is 5.76. The lowest BCUT2D eigenvalue weighted by Gasteiger charge is -2.29. The molecule has 2 N–H and O–H groups in total. The van der Waals surface area contributed by atoms with Crippen LogP contribution in [0.2, 0.25) is 0 Å². The van der Waals surface area contributed by atoms with E-state index in [0.717, 1.165) is 24.9 Å². The van der Waals surface area contributed by atoms with Crippen molar-refractivity contribution in [3.8, 4) is 0 Å². The first-order chi connectivity index (χ1) is 7.33. The third-order valence-corrected chi connectivity index (χ3v) is 3.91. The van der Waals surface area contributed by atoms with Crippen molar-refractivity contribution in [3.63, 3.8) is 0 Å². The molecule has 1 saturated carbocycles. The van der Waals surface area contributed by atoms with E-state index in [2.05, 4.69) is 32.6 Å². The highest BCUT2D eigenvalue weighted by Gasteiger charge is 2.31. The number of nitrogens with two attached hydrogens (primary N) is 1. The van der Waals surface area contributed by atoms with Crippen molar-refractivity contribution in [1.82, 2.24) is 4.90 Å². The largest absolute Gasteiger partial charge is 0.393 e. The van der Waals surface area contributed by atoms with E-state index in [1.165, 1.54) is 19.4 Å². The standard InChI is InChI=1S/C13H26N2S/c1-10(2)9-15(11-5-6-11)8-7-13(3,4)12(14)16/h10-11H,5-9H2,1-4H3,(H2,14,16). The second-order valence-electron chi connectivity index (χ2n) is 6.12. The Morgan fingerprint density at radius 1 is 1.44 bits per heavy atom. The monoisotopic (exact) mass is 242 g/mol. The highest BCUT2D eigenvalue weighted by molar-refractivity contribution is 7.80. The van der Waals surface area contributed by atoms with Crippen LogP contribution in [0, 0.1) is 11.3 Å². The molecule has 1 rings (SSSR count). The average molecular weight is 242 g/mol. The lowest BCUT2D eigenvalue weighted by molar-refractivity contribution is 0.213. The zero-order valence-corrected chi connectivity index (χ0v) is 11.9. The van der Waals surface area contributed by atoms with E-state index < -0.39 is 0 Å². The second kappa shape index (κ2) is 5.46. The maximum atomic E-state index is 5.76. The zero-order valence-electron chi connectivity index (χ0n) is 11.1. The molecule has 0 aliphatic heterocycles. The number of hydrogen-bond donors (Lipinski definition) is 1. The Morgan fingerprint density at radius 3 is 2.38 bits per heavy atom. The fraction of sp³-hybridized carbons (Fsp3) is 0.923. The van der Waals surface area contributed by atoms with Gasteiger partial charge in [0.25, 0.3) is 0 Å². The molecule has 1 aliphatic rings. The Morgan fingerprint density at radius 2 is 2.00 bits per heavy atom. The average Bonchev–Trinajstić information content (AvgIpc) is 2.94. The molecule has 1 fully saturated rings. The van der Waals surface area contributed by atoms with Gasteiger partial charge < -0.3 is 10.6 Å². The van der Waals surface area contributed by atoms with Crippen LogP contribution in [0.25, 0.3) is 0 Å². The van der Waals surface area contributed by atoms with Gasteiger partial charge in [-0.2, -0.15) is 0 Å². The first-order valence-electron chi connectivity index (χ1n) is 6.37. The molecular formula is C13H26N2S. The third-order valence-electron chi connectivity index (χ3n) is 3.35. The highest BCUT2D eigenvalue weighted by atomic mass is 32.1. The summed E-state index contributed by atoms with van der Waals surface area (Å²) in [4.78, 5) is 3.26. The van der Waals surface area contributed by atoms with Crippen LogP contribution in [-0.2, 0) is 0 Å². The van der Waals surface area contributed by atoms with Crippen LogP contribution < -0.4 is 5.73 Å². The number of rotatable bonds is 7. The molecule has 0 bridgehead atoms. The Balaban J connectivity index is 2.40. The molecule has 0 aromatic heterocycles. The maximum Gasteiger partial charge on any atom is 0.0784 e. The van der Waals surface area contributed by atoms with E-state index >= 15 is 0 Å². The molecule has 0 heterocycles. The molecule has 0 saturated heterocycles. The minimum Gasteiger partial charge on any atom is -0.393 e. The quantitative estimate of drug-likeness (QED) is 0.696. The number of nitrogens with zero attached hydrogens (tertiary/aromatic N) is 1. The second-order valence-corrected chi connectivity index (χ2v) is 6.56. The molecule has 1 aliphatic carbocycles. The van der Waals surface area contributed by atoms with Crippen molar-refractivity contribution < 1.29 is 0 Å². The van der Waals surface area contributed by atoms with E-state index in [1.54, 1.807) is 0 Å². The summed E-state index contributed by atoms with van der Waals surface area (Å²) >= 11 is 5.11. The molecule has 0 spiro atoms. The topological polar surface area (TPSA) is 29.3 Å². The zero-order chi connectivity index (χ0) is 12.3. The molecule has 0 aromatic rings. The predicted octanol–water partition coefficient (Wildman–Crippen LogP) is 2.81. The lowest BCUT2D eigenvalue weighted by Crippen LogP contribution is -2.37. The van der Waals surface area contributed by atoms with Gasteiger partial charge in [-0.05, 0) is 31.7 Å². The molecule has 0 atom stereocenters. The fourth-order valence-electron chi connectivity index (χ4n) is 1.88. The summed E-state index contributed by atoms with van der Waals surface area (Å²) in [6.45, 7) is 11.2. The van der Waals surface area contributed by atoms with Crippen molar-refractivity contribution in [2.24, 2.45) is 17.1 Å². The van der Waals surface area contributed by atoms with Gasteiger partial charge in [0.05, 0.1) is 4.99 Å². The van der Waals surface area contributed by atoms with Gasteiger partial charge in [0.1, 0.15) is 0 Å². The smallest absolute Gasteiger partial charge is 0.0784 e. The summed E-state index contributed by atoms with van der Waals surface area (Å²) in [5, 5.41) is 0. The fourth-order valence-corrected chi connectivity index (χ4v) is 1.98. The molecule has 2 nitrogen and oxygen atoms in total. The van der Waals surface area contributed by atoms with Crippen LogP contribution in [-0.4, -0.2) is 29.0 Å². The highest BCUT2D eigenvalue weighted by Crippen LogP contribution is 2.30. The first kappa shape index (κ1) is 13.9. The van der Waals surface area contributed by atoms with Crippen LogP contribution in [0.3, 0.4) is 0 Å². The summed E-state index contributed by atoms with van der Waals surface area (Å²) < 4.78 is 0. The summed E-state index contributed by atoms with van der Waals surface area (Å²) in [7, 11) is 0. The van der Waals surface area contributed by atoms with Gasteiger partial charge in [0, 0.05) is 18.0 Å². The van der Waals surface area contributed by atoms with Crippen molar-refractivity contribution in [2.45, 2.75) is 53.0 Å². The van der Waals surface area contributed by atoms with E-state index in [-0.39, 0.29) is 5.41 Å². The molecular weight excluding hydrogens is 216 g/mol. The normalized spacial score (nSPS) is 17.1. The number of thiocarbonyl (C=S) groups is 1. The minimum atomic E-state index is -0.000543. The van der Waals surface area contributed by atoms with Crippen LogP contribution in [0.1, 0.15) is 47.0 Å². The van der Waals surface area contributed by atoms with Gasteiger partial charge in [-0.25, -0.2) is 0 Å². The van der Waals surface area contributed by atoms with Crippen LogP contribution in [0.5, 0.6) is 0 Å². The first-order valence-corrected chi connectivity index (χ1v) is 6.77. The SMILES string of the molecule is CC(C)CN(CCC(C)(C)C(N)=S)C1CC1. The molecule has 0 radical (unpaired) electrons. The van der Waals surface area contributed by atoms with E-state index in [9.17, 15) is 0 Å². The van der Waals surface area contributed by atoms with E-state index in [4.69, 9.17) is 18.0 Å². The van der Waals surface area contributed by atoms with Crippen molar-refractivity contribution in [2.75, 3.05) is 13.1 Å². The summed E-state index contributed by atoms with van der Waals surface area (Å²) in [6, 6.07) is 0.838. The molecule has 94 valence electrons. The Kier molecular flexibility index (Phi) is 4.74. The summed E-state index contributed by atoms with van der Waals surface area (Å²) in [6.07, 6.45) is 3.83. The predicted molar refractivity (Wildman–Crippen MR) is 74.6 cm³/mol. The van der Waals surface area contributed by atoms with Crippen molar-refractivity contribution >= 4 is 17.2 Å². The van der Waals surface area contributed by atoms with Gasteiger partial charge in [0.15, 0.2) is 0 Å². The van der Waals surface area contributed by atoms with Gasteiger partial charge in [0.2, 0.25) is 0 Å². The molecule has 0 aromatic carbocycles. The Bertz CT molecular complexity index is 244. The van der Waals surface area contributed by atoms with E-state index in [1.807, 2.05) is 0 Å². The molecule has 3 heteroatoms. The van der Waals surface area contributed by atoms with Crippen molar-refractivity contribution in [1.29, 1.82) is 0 Å². The van der Waals surface area contributed by atoms with E-state index in [0.29, 0.717) is 4.99 Å². The number of hydrogen-bond acceptors (Lipinski definition) is 2. The van der Waals surface area contributed by atoms with Crippen LogP contribution >= 0.6 is 12.2 Å². The summed E-state index contributed by atoms with van der Waals surface area (Å²) in [5.41, 5.74) is 5.76. The van der Waals surface area contributed by atoms with Gasteiger partial charge in [-0.3, -0.25) is 0 Å². The van der Waals surface area contributed by atoms with Crippen molar-refractivity contribution in [3.05, 3.63) is 0 Å².